The lowest BCUT2D eigenvalue weighted by molar-refractivity contribution is -0.118. The Morgan fingerprint density at radius 3 is 2.20 bits per heavy atom. The monoisotopic (exact) mass is 525 g/mol. The van der Waals surface area contributed by atoms with Crippen LogP contribution in [0.25, 0.3) is 33.2 Å². The van der Waals surface area contributed by atoms with Gasteiger partial charge in [0, 0.05) is 17.0 Å². The van der Waals surface area contributed by atoms with Crippen molar-refractivity contribution in [2.24, 2.45) is 0 Å². The second-order valence-electron chi connectivity index (χ2n) is 10.3. The molecule has 0 atom stereocenters. The zero-order valence-corrected chi connectivity index (χ0v) is 22.3. The Morgan fingerprint density at radius 2 is 1.48 bits per heavy atom. The standard InChI is InChI=1S/C35H31N3O2/c36-23-30-33(26-14-4-1-5-15-26)34(27-16-6-2-7-17-27)38(28-19-8-3-9-20-28)35(30)37-32(39)24-40-31-22-12-18-25-13-10-11-21-29(25)31/h1-2,4-7,10-18,21-22,28H,3,8-9,19-20,24H2,(H,37,39). The van der Waals surface area contributed by atoms with Crippen molar-refractivity contribution in [1.82, 2.24) is 4.57 Å². The third kappa shape index (κ3) is 4.97. The summed E-state index contributed by atoms with van der Waals surface area (Å²) >= 11 is 0. The summed E-state index contributed by atoms with van der Waals surface area (Å²) in [5.74, 6) is 0.920. The molecule has 1 aliphatic carbocycles. The van der Waals surface area contributed by atoms with Gasteiger partial charge in [-0.15, -0.1) is 0 Å². The summed E-state index contributed by atoms with van der Waals surface area (Å²) < 4.78 is 8.24. The van der Waals surface area contributed by atoms with Gasteiger partial charge in [0.05, 0.1) is 5.69 Å². The van der Waals surface area contributed by atoms with Gasteiger partial charge in [0.1, 0.15) is 23.2 Å². The second kappa shape index (κ2) is 11.5. The van der Waals surface area contributed by atoms with Crippen molar-refractivity contribution in [2.45, 2.75) is 38.1 Å². The quantitative estimate of drug-likeness (QED) is 0.232. The summed E-state index contributed by atoms with van der Waals surface area (Å²) in [4.78, 5) is 13.5. The van der Waals surface area contributed by atoms with Crippen molar-refractivity contribution < 1.29 is 9.53 Å². The number of amides is 1. The van der Waals surface area contributed by atoms with Crippen molar-refractivity contribution in [3.05, 3.63) is 109 Å². The van der Waals surface area contributed by atoms with E-state index in [-0.39, 0.29) is 18.6 Å². The van der Waals surface area contributed by atoms with Gasteiger partial charge in [-0.3, -0.25) is 4.79 Å². The largest absolute Gasteiger partial charge is 0.483 e. The van der Waals surface area contributed by atoms with E-state index in [2.05, 4.69) is 28.1 Å². The fraction of sp³-hybridized carbons (Fsp3) is 0.200. The molecule has 1 heterocycles. The van der Waals surface area contributed by atoms with Gasteiger partial charge in [0.25, 0.3) is 5.91 Å². The van der Waals surface area contributed by atoms with Crippen molar-refractivity contribution >= 4 is 22.5 Å². The average molecular weight is 526 g/mol. The number of rotatable bonds is 7. The smallest absolute Gasteiger partial charge is 0.263 e. The van der Waals surface area contributed by atoms with E-state index in [1.807, 2.05) is 91.0 Å². The van der Waals surface area contributed by atoms with Gasteiger partial charge >= 0.3 is 0 Å². The summed E-state index contributed by atoms with van der Waals surface area (Å²) in [6, 6.07) is 36.6. The molecule has 0 spiro atoms. The van der Waals surface area contributed by atoms with Crippen LogP contribution in [0.15, 0.2) is 103 Å². The fourth-order valence-corrected chi connectivity index (χ4v) is 5.92. The van der Waals surface area contributed by atoms with Crippen LogP contribution < -0.4 is 10.1 Å². The fourth-order valence-electron chi connectivity index (χ4n) is 5.92. The molecular formula is C35H31N3O2. The van der Waals surface area contributed by atoms with Crippen LogP contribution >= 0.6 is 0 Å². The lowest BCUT2D eigenvalue weighted by atomic mass is 9.94. The number of ether oxygens (including phenoxy) is 1. The number of nitrogens with one attached hydrogen (secondary N) is 1. The minimum Gasteiger partial charge on any atom is -0.483 e. The molecule has 1 saturated carbocycles. The zero-order chi connectivity index (χ0) is 27.3. The van der Waals surface area contributed by atoms with E-state index in [1.165, 1.54) is 6.42 Å². The maximum atomic E-state index is 13.5. The Hall–Kier alpha value is -4.82. The predicted octanol–water partition coefficient (Wildman–Crippen LogP) is 8.37. The van der Waals surface area contributed by atoms with E-state index in [4.69, 9.17) is 4.74 Å². The van der Waals surface area contributed by atoms with Crippen LogP contribution in [0, 0.1) is 11.3 Å². The number of carbonyl (C=O) groups is 1. The normalized spacial score (nSPS) is 13.6. The number of benzene rings is 4. The molecule has 1 N–H and O–H groups in total. The van der Waals surface area contributed by atoms with Gasteiger partial charge in [0.2, 0.25) is 0 Å². The van der Waals surface area contributed by atoms with Crippen LogP contribution in [0.3, 0.4) is 0 Å². The lowest BCUT2D eigenvalue weighted by Crippen LogP contribution is -2.24. The third-order valence-electron chi connectivity index (χ3n) is 7.73. The maximum Gasteiger partial charge on any atom is 0.263 e. The van der Waals surface area contributed by atoms with Crippen molar-refractivity contribution in [3.8, 4) is 34.2 Å². The van der Waals surface area contributed by atoms with Gasteiger partial charge in [-0.1, -0.05) is 116 Å². The maximum absolute atomic E-state index is 13.5. The number of fused-ring (bicyclic) bond motifs is 1. The Kier molecular flexibility index (Phi) is 7.32. The average Bonchev–Trinajstić information content (AvgIpc) is 3.35. The number of carbonyl (C=O) groups excluding carboxylic acids is 1. The molecule has 5 nitrogen and oxygen atoms in total. The molecule has 0 radical (unpaired) electrons. The Morgan fingerprint density at radius 1 is 0.825 bits per heavy atom. The van der Waals surface area contributed by atoms with E-state index in [1.54, 1.807) is 0 Å². The highest BCUT2D eigenvalue weighted by molar-refractivity contribution is 5.99. The molecule has 1 fully saturated rings. The molecule has 1 aliphatic rings. The third-order valence-corrected chi connectivity index (χ3v) is 7.73. The highest BCUT2D eigenvalue weighted by atomic mass is 16.5. The molecule has 1 amide bonds. The number of nitrogens with zero attached hydrogens (tertiary/aromatic N) is 2. The first-order valence-corrected chi connectivity index (χ1v) is 13.9. The van der Waals surface area contributed by atoms with Gasteiger partial charge in [0.15, 0.2) is 6.61 Å². The summed E-state index contributed by atoms with van der Waals surface area (Å²) in [6.07, 6.45) is 5.45. The Balaban J connectivity index is 1.43. The molecular weight excluding hydrogens is 494 g/mol. The van der Waals surface area contributed by atoms with Crippen molar-refractivity contribution in [2.75, 3.05) is 11.9 Å². The summed E-state index contributed by atoms with van der Waals surface area (Å²) in [6.45, 7) is -0.157. The van der Waals surface area contributed by atoms with Crippen LogP contribution in [0.2, 0.25) is 0 Å². The second-order valence-corrected chi connectivity index (χ2v) is 10.3. The molecule has 0 saturated heterocycles. The zero-order valence-electron chi connectivity index (χ0n) is 22.3. The summed E-state index contributed by atoms with van der Waals surface area (Å²) in [5, 5.41) is 15.7. The number of nitriles is 1. The SMILES string of the molecule is N#Cc1c(-c2ccccc2)c(-c2ccccc2)n(C2CCCCC2)c1NC(=O)COc1cccc2ccccc12. The van der Waals surface area contributed by atoms with E-state index in [0.29, 0.717) is 17.1 Å². The van der Waals surface area contributed by atoms with E-state index in [0.717, 1.165) is 58.8 Å². The van der Waals surface area contributed by atoms with Gasteiger partial charge in [-0.25, -0.2) is 0 Å². The van der Waals surface area contributed by atoms with E-state index >= 15 is 0 Å². The van der Waals surface area contributed by atoms with Crippen molar-refractivity contribution in [3.63, 3.8) is 0 Å². The lowest BCUT2D eigenvalue weighted by Gasteiger charge is -2.28. The first-order valence-electron chi connectivity index (χ1n) is 13.9. The number of hydrogen-bond acceptors (Lipinski definition) is 3. The number of aromatic nitrogens is 1. The molecule has 0 aliphatic heterocycles. The van der Waals surface area contributed by atoms with Crippen LogP contribution in [0.4, 0.5) is 5.82 Å². The highest BCUT2D eigenvalue weighted by Gasteiger charge is 2.30. The molecule has 5 aromatic rings. The molecule has 4 aromatic carbocycles. The first-order chi connectivity index (χ1) is 19.7. The number of hydrogen-bond donors (Lipinski definition) is 1. The Bertz CT molecular complexity index is 1670. The molecule has 198 valence electrons. The summed E-state index contributed by atoms with van der Waals surface area (Å²) in [5.41, 5.74) is 4.28. The molecule has 0 unspecified atom stereocenters. The van der Waals surface area contributed by atoms with Gasteiger partial charge in [-0.2, -0.15) is 5.26 Å². The first kappa shape index (κ1) is 25.5. The number of anilines is 1. The molecule has 5 heteroatoms. The van der Waals surface area contributed by atoms with Gasteiger partial charge in [-0.05, 0) is 35.4 Å². The van der Waals surface area contributed by atoms with Gasteiger partial charge < -0.3 is 14.6 Å². The molecule has 40 heavy (non-hydrogen) atoms. The van der Waals surface area contributed by atoms with Crippen LogP contribution in [0.1, 0.15) is 43.7 Å². The van der Waals surface area contributed by atoms with Crippen molar-refractivity contribution in [1.29, 1.82) is 5.26 Å². The molecule has 6 rings (SSSR count). The Labute approximate surface area is 234 Å². The minimum absolute atomic E-state index is 0.157. The van der Waals surface area contributed by atoms with Crippen LogP contribution in [0.5, 0.6) is 5.75 Å². The topological polar surface area (TPSA) is 67.0 Å². The van der Waals surface area contributed by atoms with Crippen LogP contribution in [-0.2, 0) is 4.79 Å². The van der Waals surface area contributed by atoms with Crippen LogP contribution in [-0.4, -0.2) is 17.1 Å². The predicted molar refractivity (Wildman–Crippen MR) is 160 cm³/mol. The van der Waals surface area contributed by atoms with E-state index < -0.39 is 0 Å². The molecule has 0 bridgehead atoms. The minimum atomic E-state index is -0.293. The van der Waals surface area contributed by atoms with E-state index in [9.17, 15) is 10.1 Å². The molecule has 1 aromatic heterocycles. The highest BCUT2D eigenvalue weighted by Crippen LogP contribution is 2.46. The summed E-state index contributed by atoms with van der Waals surface area (Å²) in [7, 11) is 0.